The molecule has 0 atom stereocenters. The molecule has 0 amide bonds. The minimum atomic E-state index is -0.663. The van der Waals surface area contributed by atoms with Crippen LogP contribution >= 0.6 is 0 Å². The Balaban J connectivity index is 2.94. The van der Waals surface area contributed by atoms with Crippen molar-refractivity contribution in [3.8, 4) is 0 Å². The van der Waals surface area contributed by atoms with E-state index in [0.29, 0.717) is 28.5 Å². The van der Waals surface area contributed by atoms with E-state index in [4.69, 9.17) is 0 Å². The lowest BCUT2D eigenvalue weighted by Crippen LogP contribution is -2.06. The molecule has 0 spiro atoms. The van der Waals surface area contributed by atoms with Gasteiger partial charge in [0.05, 0.1) is 11.1 Å². The van der Waals surface area contributed by atoms with Gasteiger partial charge >= 0.3 is 11.9 Å². The summed E-state index contributed by atoms with van der Waals surface area (Å²) in [6.45, 7) is 5.11. The van der Waals surface area contributed by atoms with E-state index >= 15 is 0 Å². The summed E-state index contributed by atoms with van der Waals surface area (Å²) in [6, 6.07) is 0. The maximum Gasteiger partial charge on any atom is 0.347 e. The molecule has 0 unspecified atom stereocenters. The van der Waals surface area contributed by atoms with Crippen molar-refractivity contribution in [3.63, 3.8) is 0 Å². The highest BCUT2D eigenvalue weighted by Crippen LogP contribution is 2.31. The number of esters is 2. The van der Waals surface area contributed by atoms with Crippen molar-refractivity contribution < 1.29 is 19.1 Å². The molecule has 1 aliphatic heterocycles. The standard InChI is InChI=1S/C12H10O4/c1-5-6(2)9-10(7(3)8(5)4-13)12(15)16-11(9)14/h4H,1-3H3. The lowest BCUT2D eigenvalue weighted by atomic mass is 9.90. The van der Waals surface area contributed by atoms with Gasteiger partial charge in [0.1, 0.15) is 0 Å². The van der Waals surface area contributed by atoms with Crippen molar-refractivity contribution in [1.29, 1.82) is 0 Å². The Kier molecular flexibility index (Phi) is 2.15. The molecule has 1 aromatic carbocycles. The van der Waals surface area contributed by atoms with Gasteiger partial charge in [0.15, 0.2) is 6.29 Å². The fourth-order valence-electron chi connectivity index (χ4n) is 2.05. The monoisotopic (exact) mass is 218 g/mol. The Bertz CT molecular complexity index is 541. The van der Waals surface area contributed by atoms with Crippen molar-refractivity contribution in [1.82, 2.24) is 0 Å². The zero-order chi connectivity index (χ0) is 12.0. The predicted molar refractivity (Wildman–Crippen MR) is 55.8 cm³/mol. The highest BCUT2D eigenvalue weighted by atomic mass is 16.6. The molecule has 0 fully saturated rings. The Morgan fingerprint density at radius 1 is 0.875 bits per heavy atom. The van der Waals surface area contributed by atoms with Gasteiger partial charge in [-0.2, -0.15) is 0 Å². The summed E-state index contributed by atoms with van der Waals surface area (Å²) in [5.74, 6) is -1.29. The second-order valence-corrected chi connectivity index (χ2v) is 3.83. The summed E-state index contributed by atoms with van der Waals surface area (Å²) in [6.07, 6.45) is 0.702. The zero-order valence-corrected chi connectivity index (χ0v) is 9.21. The molecule has 2 rings (SSSR count). The number of carbonyl (C=O) groups is 3. The average Bonchev–Trinajstić information content (AvgIpc) is 2.52. The molecule has 1 aromatic rings. The first-order valence-corrected chi connectivity index (χ1v) is 4.84. The molecule has 0 N–H and O–H groups in total. The maximum atomic E-state index is 11.5. The van der Waals surface area contributed by atoms with Crippen molar-refractivity contribution >= 4 is 18.2 Å². The molecule has 0 aliphatic carbocycles. The molecule has 0 bridgehead atoms. The summed E-state index contributed by atoms with van der Waals surface area (Å²) in [4.78, 5) is 33.9. The van der Waals surface area contributed by atoms with Gasteiger partial charge in [0, 0.05) is 5.56 Å². The summed E-state index contributed by atoms with van der Waals surface area (Å²) in [7, 11) is 0. The fourth-order valence-corrected chi connectivity index (χ4v) is 2.05. The second-order valence-electron chi connectivity index (χ2n) is 3.83. The number of hydrogen-bond acceptors (Lipinski definition) is 4. The van der Waals surface area contributed by atoms with Crippen LogP contribution in [0.1, 0.15) is 47.8 Å². The number of cyclic esters (lactones) is 2. The molecule has 0 radical (unpaired) electrons. The molecule has 0 aromatic heterocycles. The molecule has 1 aliphatic rings. The van der Waals surface area contributed by atoms with Crippen LogP contribution in [0, 0.1) is 20.8 Å². The van der Waals surface area contributed by atoms with Crippen LogP contribution in [0.25, 0.3) is 0 Å². The third-order valence-electron chi connectivity index (χ3n) is 3.08. The highest BCUT2D eigenvalue weighted by molar-refractivity contribution is 6.17. The van der Waals surface area contributed by atoms with Gasteiger partial charge in [-0.25, -0.2) is 9.59 Å². The normalized spacial score (nSPS) is 13.7. The number of fused-ring (bicyclic) bond motifs is 1. The summed E-state index contributed by atoms with van der Waals surface area (Å²) in [5.41, 5.74) is 2.86. The van der Waals surface area contributed by atoms with Gasteiger partial charge in [0.2, 0.25) is 0 Å². The van der Waals surface area contributed by atoms with Crippen LogP contribution in [-0.4, -0.2) is 18.2 Å². The first-order chi connectivity index (χ1) is 7.49. The van der Waals surface area contributed by atoms with E-state index in [2.05, 4.69) is 4.74 Å². The molecular weight excluding hydrogens is 208 g/mol. The zero-order valence-electron chi connectivity index (χ0n) is 9.21. The Labute approximate surface area is 92.2 Å². The topological polar surface area (TPSA) is 60.4 Å². The van der Waals surface area contributed by atoms with E-state index < -0.39 is 11.9 Å². The number of hydrogen-bond donors (Lipinski definition) is 0. The van der Waals surface area contributed by atoms with Crippen molar-refractivity contribution in [2.24, 2.45) is 0 Å². The Morgan fingerprint density at radius 3 is 1.88 bits per heavy atom. The minimum Gasteiger partial charge on any atom is -0.386 e. The molecule has 4 nitrogen and oxygen atoms in total. The van der Waals surface area contributed by atoms with Crippen LogP contribution in [-0.2, 0) is 4.74 Å². The third kappa shape index (κ3) is 1.13. The van der Waals surface area contributed by atoms with Gasteiger partial charge in [-0.3, -0.25) is 4.79 Å². The van der Waals surface area contributed by atoms with Crippen LogP contribution < -0.4 is 0 Å². The van der Waals surface area contributed by atoms with Crippen molar-refractivity contribution in [2.75, 3.05) is 0 Å². The maximum absolute atomic E-state index is 11.5. The van der Waals surface area contributed by atoms with E-state index in [1.165, 1.54) is 0 Å². The number of aldehydes is 1. The van der Waals surface area contributed by atoms with Gasteiger partial charge in [-0.05, 0) is 37.5 Å². The lowest BCUT2D eigenvalue weighted by molar-refractivity contribution is 0.0443. The number of carbonyl (C=O) groups excluding carboxylic acids is 3. The van der Waals surface area contributed by atoms with E-state index in [0.717, 1.165) is 5.56 Å². The largest absolute Gasteiger partial charge is 0.386 e. The molecule has 4 heteroatoms. The number of rotatable bonds is 1. The van der Waals surface area contributed by atoms with Crippen LogP contribution in [0.4, 0.5) is 0 Å². The average molecular weight is 218 g/mol. The molecular formula is C12H10O4. The highest BCUT2D eigenvalue weighted by Gasteiger charge is 2.35. The Morgan fingerprint density at radius 2 is 1.38 bits per heavy atom. The summed E-state index contributed by atoms with van der Waals surface area (Å²) < 4.78 is 4.55. The molecule has 16 heavy (non-hydrogen) atoms. The van der Waals surface area contributed by atoms with E-state index in [9.17, 15) is 14.4 Å². The van der Waals surface area contributed by atoms with Crippen LogP contribution in [0.2, 0.25) is 0 Å². The van der Waals surface area contributed by atoms with Gasteiger partial charge in [-0.1, -0.05) is 0 Å². The van der Waals surface area contributed by atoms with Gasteiger partial charge in [-0.15, -0.1) is 0 Å². The molecule has 0 saturated heterocycles. The Hall–Kier alpha value is -1.97. The van der Waals surface area contributed by atoms with Crippen molar-refractivity contribution in [2.45, 2.75) is 20.8 Å². The van der Waals surface area contributed by atoms with E-state index in [1.54, 1.807) is 20.8 Å². The quantitative estimate of drug-likeness (QED) is 0.409. The fraction of sp³-hybridized carbons (Fsp3) is 0.250. The van der Waals surface area contributed by atoms with Crippen LogP contribution in [0.15, 0.2) is 0 Å². The first kappa shape index (κ1) is 10.5. The van der Waals surface area contributed by atoms with Crippen LogP contribution in [0.3, 0.4) is 0 Å². The first-order valence-electron chi connectivity index (χ1n) is 4.84. The summed E-state index contributed by atoms with van der Waals surface area (Å²) in [5, 5.41) is 0. The van der Waals surface area contributed by atoms with Crippen molar-refractivity contribution in [3.05, 3.63) is 33.4 Å². The smallest absolute Gasteiger partial charge is 0.347 e. The minimum absolute atomic E-state index is 0.232. The third-order valence-corrected chi connectivity index (χ3v) is 3.08. The molecule has 1 heterocycles. The predicted octanol–water partition coefficient (Wildman–Crippen LogP) is 1.73. The lowest BCUT2D eigenvalue weighted by Gasteiger charge is -2.10. The SMILES string of the molecule is Cc1c(C)c2c(c(C)c1C=O)C(=O)OC2=O. The molecule has 0 saturated carbocycles. The van der Waals surface area contributed by atoms with Gasteiger partial charge < -0.3 is 4.74 Å². The van der Waals surface area contributed by atoms with Crippen LogP contribution in [0.5, 0.6) is 0 Å². The number of benzene rings is 1. The van der Waals surface area contributed by atoms with E-state index in [-0.39, 0.29) is 5.56 Å². The number of ether oxygens (including phenoxy) is 1. The van der Waals surface area contributed by atoms with Gasteiger partial charge in [0.25, 0.3) is 0 Å². The molecule has 82 valence electrons. The summed E-state index contributed by atoms with van der Waals surface area (Å²) >= 11 is 0. The second kappa shape index (κ2) is 3.27. The van der Waals surface area contributed by atoms with E-state index in [1.807, 2.05) is 0 Å².